The summed E-state index contributed by atoms with van der Waals surface area (Å²) in [7, 11) is 0. The number of H-pyrrole nitrogens is 2. The molecule has 0 atom stereocenters. The van der Waals surface area contributed by atoms with Crippen LogP contribution in [0.25, 0.3) is 55.6 Å². The molecule has 0 unspecified atom stereocenters. The maximum atomic E-state index is 12.1. The molecule has 0 fully saturated rings. The van der Waals surface area contributed by atoms with E-state index in [1.54, 1.807) is 29.9 Å². The monoisotopic (exact) mass is 478 g/mol. The zero-order valence-corrected chi connectivity index (χ0v) is 20.0. The number of anilines is 1. The molecule has 5 aromatic heterocycles. The quantitative estimate of drug-likeness (QED) is 0.264. The summed E-state index contributed by atoms with van der Waals surface area (Å²) in [6, 6.07) is 14.5. The summed E-state index contributed by atoms with van der Waals surface area (Å²) in [5.74, 6) is -0.156. The summed E-state index contributed by atoms with van der Waals surface area (Å²) in [6.07, 6.45) is 5.20. The molecule has 3 N–H and O–H groups in total. The SMILES string of the molecule is CC(C)C(=O)Nc1cncc(-c2cnc3[nH]nc(-c4cc5c(-c6ccsc6)cccc5[nH]4)c3c2)c1. The number of carbonyl (C=O) groups excluding carboxylic acids is 1. The molecule has 0 spiro atoms. The summed E-state index contributed by atoms with van der Waals surface area (Å²) < 4.78 is 0. The number of aromatic nitrogens is 5. The summed E-state index contributed by atoms with van der Waals surface area (Å²) in [5, 5.41) is 16.8. The zero-order chi connectivity index (χ0) is 23.9. The van der Waals surface area contributed by atoms with E-state index in [2.05, 4.69) is 77.6 Å². The van der Waals surface area contributed by atoms with E-state index in [1.807, 2.05) is 19.9 Å². The highest BCUT2D eigenvalue weighted by Gasteiger charge is 2.15. The lowest BCUT2D eigenvalue weighted by Crippen LogP contribution is -2.17. The molecule has 0 saturated heterocycles. The Balaban J connectivity index is 1.41. The van der Waals surface area contributed by atoms with Gasteiger partial charge in [-0.3, -0.25) is 14.9 Å². The Kier molecular flexibility index (Phi) is 5.15. The third kappa shape index (κ3) is 3.87. The number of thiophene rings is 1. The Morgan fingerprint density at radius 1 is 1.00 bits per heavy atom. The molecule has 0 saturated carbocycles. The van der Waals surface area contributed by atoms with Crippen LogP contribution in [0.4, 0.5) is 5.69 Å². The van der Waals surface area contributed by atoms with Crippen LogP contribution >= 0.6 is 11.3 Å². The van der Waals surface area contributed by atoms with Crippen molar-refractivity contribution >= 4 is 44.9 Å². The molecule has 0 bridgehead atoms. The Morgan fingerprint density at radius 2 is 1.89 bits per heavy atom. The van der Waals surface area contributed by atoms with Crippen LogP contribution in [0.15, 0.2) is 71.8 Å². The number of hydrogen-bond acceptors (Lipinski definition) is 5. The Morgan fingerprint density at radius 3 is 2.71 bits per heavy atom. The van der Waals surface area contributed by atoms with Crippen molar-refractivity contribution in [3.63, 3.8) is 0 Å². The molecule has 0 aliphatic carbocycles. The van der Waals surface area contributed by atoms with Crippen molar-refractivity contribution in [3.05, 3.63) is 71.8 Å². The van der Waals surface area contributed by atoms with Crippen LogP contribution in [0, 0.1) is 5.92 Å². The number of nitrogens with zero attached hydrogens (tertiary/aromatic N) is 3. The van der Waals surface area contributed by atoms with Gasteiger partial charge in [0, 0.05) is 45.7 Å². The van der Waals surface area contributed by atoms with Gasteiger partial charge in [0.1, 0.15) is 5.69 Å². The van der Waals surface area contributed by atoms with Gasteiger partial charge in [0.05, 0.1) is 17.6 Å². The van der Waals surface area contributed by atoms with Gasteiger partial charge >= 0.3 is 0 Å². The molecule has 8 heteroatoms. The Bertz CT molecular complexity index is 1680. The predicted octanol–water partition coefficient (Wildman–Crippen LogP) is 6.49. The van der Waals surface area contributed by atoms with Crippen molar-refractivity contribution in [2.24, 2.45) is 5.92 Å². The van der Waals surface area contributed by atoms with Gasteiger partial charge in [-0.15, -0.1) is 0 Å². The Hall–Kier alpha value is -4.30. The van der Waals surface area contributed by atoms with Crippen LogP contribution in [0.1, 0.15) is 13.8 Å². The third-order valence-corrected chi connectivity index (χ3v) is 6.71. The van der Waals surface area contributed by atoms with E-state index >= 15 is 0 Å². The molecular formula is C27H22N6OS. The number of hydrogen-bond donors (Lipinski definition) is 3. The van der Waals surface area contributed by atoms with Crippen LogP contribution in [-0.4, -0.2) is 31.1 Å². The van der Waals surface area contributed by atoms with Crippen molar-refractivity contribution < 1.29 is 4.79 Å². The summed E-state index contributed by atoms with van der Waals surface area (Å²) in [5.41, 5.74) is 8.30. The fourth-order valence-corrected chi connectivity index (χ4v) is 4.83. The summed E-state index contributed by atoms with van der Waals surface area (Å²) >= 11 is 1.69. The van der Waals surface area contributed by atoms with E-state index in [1.165, 1.54) is 11.1 Å². The van der Waals surface area contributed by atoms with E-state index in [-0.39, 0.29) is 11.8 Å². The minimum atomic E-state index is -0.110. The number of nitrogens with one attached hydrogen (secondary N) is 3. The molecule has 0 aliphatic rings. The lowest BCUT2D eigenvalue weighted by Gasteiger charge is -2.09. The highest BCUT2D eigenvalue weighted by atomic mass is 32.1. The van der Waals surface area contributed by atoms with Gasteiger partial charge in [-0.25, -0.2) is 4.98 Å². The number of carbonyl (C=O) groups is 1. The van der Waals surface area contributed by atoms with Gasteiger partial charge < -0.3 is 10.3 Å². The molecule has 5 heterocycles. The Labute approximate surface area is 205 Å². The smallest absolute Gasteiger partial charge is 0.226 e. The fraction of sp³-hybridized carbons (Fsp3) is 0.111. The molecule has 1 aromatic carbocycles. The first-order valence-electron chi connectivity index (χ1n) is 11.3. The number of rotatable bonds is 5. The maximum absolute atomic E-state index is 12.1. The average Bonchev–Trinajstić information content (AvgIpc) is 3.62. The van der Waals surface area contributed by atoms with Crippen molar-refractivity contribution in [1.82, 2.24) is 25.1 Å². The van der Waals surface area contributed by atoms with Crippen LogP contribution in [-0.2, 0) is 4.79 Å². The van der Waals surface area contributed by atoms with E-state index in [4.69, 9.17) is 0 Å². The van der Waals surface area contributed by atoms with Crippen LogP contribution in [0.3, 0.4) is 0 Å². The summed E-state index contributed by atoms with van der Waals surface area (Å²) in [6.45, 7) is 3.72. The van der Waals surface area contributed by atoms with E-state index in [0.29, 0.717) is 11.3 Å². The molecule has 35 heavy (non-hydrogen) atoms. The van der Waals surface area contributed by atoms with Gasteiger partial charge in [0.2, 0.25) is 5.91 Å². The molecule has 172 valence electrons. The number of aromatic amines is 2. The minimum Gasteiger partial charge on any atom is -0.353 e. The van der Waals surface area contributed by atoms with Gasteiger partial charge in [-0.1, -0.05) is 26.0 Å². The van der Waals surface area contributed by atoms with E-state index in [9.17, 15) is 4.79 Å². The molecular weight excluding hydrogens is 456 g/mol. The number of benzene rings is 1. The molecule has 6 aromatic rings. The lowest BCUT2D eigenvalue weighted by atomic mass is 10.0. The van der Waals surface area contributed by atoms with Crippen molar-refractivity contribution in [2.45, 2.75) is 13.8 Å². The second-order valence-corrected chi connectivity index (χ2v) is 9.54. The van der Waals surface area contributed by atoms with E-state index in [0.717, 1.165) is 38.8 Å². The van der Waals surface area contributed by atoms with Crippen molar-refractivity contribution in [2.75, 3.05) is 5.32 Å². The second-order valence-electron chi connectivity index (χ2n) is 8.76. The highest BCUT2D eigenvalue weighted by Crippen LogP contribution is 2.35. The maximum Gasteiger partial charge on any atom is 0.226 e. The topological polar surface area (TPSA) is 99.3 Å². The van der Waals surface area contributed by atoms with Gasteiger partial charge in [-0.2, -0.15) is 16.4 Å². The van der Waals surface area contributed by atoms with Gasteiger partial charge in [0.25, 0.3) is 0 Å². The zero-order valence-electron chi connectivity index (χ0n) is 19.2. The molecule has 0 radical (unpaired) electrons. The number of pyridine rings is 2. The van der Waals surface area contributed by atoms with Crippen molar-refractivity contribution in [1.29, 1.82) is 0 Å². The molecule has 7 nitrogen and oxygen atoms in total. The largest absolute Gasteiger partial charge is 0.353 e. The molecule has 6 rings (SSSR count). The number of amides is 1. The van der Waals surface area contributed by atoms with E-state index < -0.39 is 0 Å². The highest BCUT2D eigenvalue weighted by molar-refractivity contribution is 7.08. The minimum absolute atomic E-state index is 0.0460. The van der Waals surface area contributed by atoms with Gasteiger partial charge in [-0.05, 0) is 52.2 Å². The van der Waals surface area contributed by atoms with Crippen molar-refractivity contribution in [3.8, 4) is 33.6 Å². The first-order valence-corrected chi connectivity index (χ1v) is 12.3. The van der Waals surface area contributed by atoms with Crippen LogP contribution < -0.4 is 5.32 Å². The first-order chi connectivity index (χ1) is 17.1. The summed E-state index contributed by atoms with van der Waals surface area (Å²) in [4.78, 5) is 24.5. The third-order valence-electron chi connectivity index (χ3n) is 6.03. The molecule has 1 amide bonds. The predicted molar refractivity (Wildman–Crippen MR) is 141 cm³/mol. The van der Waals surface area contributed by atoms with Crippen LogP contribution in [0.5, 0.6) is 0 Å². The first kappa shape index (κ1) is 21.2. The fourth-order valence-electron chi connectivity index (χ4n) is 4.17. The van der Waals surface area contributed by atoms with Gasteiger partial charge in [0.15, 0.2) is 5.65 Å². The number of fused-ring (bicyclic) bond motifs is 2. The molecule has 0 aliphatic heterocycles. The normalized spacial score (nSPS) is 11.5. The lowest BCUT2D eigenvalue weighted by molar-refractivity contribution is -0.118. The van der Waals surface area contributed by atoms with Crippen LogP contribution in [0.2, 0.25) is 0 Å². The average molecular weight is 479 g/mol. The standard InChI is InChI=1S/C27H22N6OS/c1-15(2)27(34)30-19-8-17(11-28-13-19)18-9-22-25(32-33-26(22)29-12-18)24-10-21-20(16-6-7-35-14-16)4-3-5-23(21)31-24/h3-15,31H,1-2H3,(H,30,34)(H,29,32,33). The second kappa shape index (κ2) is 8.48.